The van der Waals surface area contributed by atoms with Crippen molar-refractivity contribution in [3.8, 4) is 0 Å². The van der Waals surface area contributed by atoms with Crippen LogP contribution in [0.3, 0.4) is 0 Å². The van der Waals surface area contributed by atoms with Gasteiger partial charge in [-0.15, -0.1) is 0 Å². The SMILES string of the molecule is Cc1nc(S(N)(=O)=O)cn1CCCF. The molecule has 0 amide bonds. The molecule has 14 heavy (non-hydrogen) atoms. The van der Waals surface area contributed by atoms with Gasteiger partial charge < -0.3 is 4.57 Å². The van der Waals surface area contributed by atoms with E-state index in [2.05, 4.69) is 4.98 Å². The number of alkyl halides is 1. The Morgan fingerprint density at radius 1 is 1.64 bits per heavy atom. The van der Waals surface area contributed by atoms with E-state index in [1.807, 2.05) is 0 Å². The first-order chi connectivity index (χ1) is 6.45. The minimum Gasteiger partial charge on any atom is -0.334 e. The lowest BCUT2D eigenvalue weighted by atomic mass is 10.4. The van der Waals surface area contributed by atoms with Crippen LogP contribution >= 0.6 is 0 Å². The van der Waals surface area contributed by atoms with Crippen LogP contribution in [0.2, 0.25) is 0 Å². The van der Waals surface area contributed by atoms with Crippen LogP contribution in [0.25, 0.3) is 0 Å². The molecule has 0 fully saturated rings. The third-order valence-corrected chi connectivity index (χ3v) is 2.56. The Hall–Kier alpha value is -0.950. The van der Waals surface area contributed by atoms with Gasteiger partial charge in [0.2, 0.25) is 0 Å². The van der Waals surface area contributed by atoms with Gasteiger partial charge in [0.25, 0.3) is 10.0 Å². The molecule has 0 aliphatic rings. The molecular weight excluding hydrogens is 209 g/mol. The lowest BCUT2D eigenvalue weighted by Crippen LogP contribution is -2.12. The highest BCUT2D eigenvalue weighted by molar-refractivity contribution is 7.89. The van der Waals surface area contributed by atoms with Gasteiger partial charge in [-0.05, 0) is 13.3 Å². The van der Waals surface area contributed by atoms with Crippen molar-refractivity contribution in [3.63, 3.8) is 0 Å². The van der Waals surface area contributed by atoms with E-state index in [0.29, 0.717) is 18.8 Å². The third kappa shape index (κ3) is 2.52. The Balaban J connectivity index is 2.94. The maximum atomic E-state index is 11.9. The Kier molecular flexibility index (Phi) is 3.22. The number of aryl methyl sites for hydroxylation is 2. The lowest BCUT2D eigenvalue weighted by Gasteiger charge is -2.00. The highest BCUT2D eigenvalue weighted by Crippen LogP contribution is 2.07. The number of hydrogen-bond acceptors (Lipinski definition) is 3. The van der Waals surface area contributed by atoms with Crippen LogP contribution in [0.5, 0.6) is 0 Å². The molecule has 0 atom stereocenters. The molecule has 1 rings (SSSR count). The molecule has 0 saturated carbocycles. The fraction of sp³-hybridized carbons (Fsp3) is 0.571. The summed E-state index contributed by atoms with van der Waals surface area (Å²) in [5.74, 6) is 0.516. The van der Waals surface area contributed by atoms with Crippen LogP contribution in [0.15, 0.2) is 11.2 Å². The summed E-state index contributed by atoms with van der Waals surface area (Å²) >= 11 is 0. The van der Waals surface area contributed by atoms with Crippen LogP contribution in [-0.2, 0) is 16.6 Å². The quantitative estimate of drug-likeness (QED) is 0.788. The molecule has 2 N–H and O–H groups in total. The molecule has 0 saturated heterocycles. The van der Waals surface area contributed by atoms with Crippen LogP contribution in [-0.4, -0.2) is 24.6 Å². The topological polar surface area (TPSA) is 78.0 Å². The Labute approximate surface area is 81.8 Å². The molecule has 0 unspecified atom stereocenters. The van der Waals surface area contributed by atoms with Gasteiger partial charge in [0, 0.05) is 12.7 Å². The first-order valence-corrected chi connectivity index (χ1v) is 5.62. The van der Waals surface area contributed by atoms with Crippen molar-refractivity contribution in [2.75, 3.05) is 6.67 Å². The van der Waals surface area contributed by atoms with E-state index in [0.717, 1.165) is 0 Å². The molecule has 80 valence electrons. The van der Waals surface area contributed by atoms with Crippen LogP contribution < -0.4 is 5.14 Å². The maximum Gasteiger partial charge on any atom is 0.257 e. The number of halogens is 1. The molecule has 1 aromatic heterocycles. The van der Waals surface area contributed by atoms with Crippen molar-refractivity contribution < 1.29 is 12.8 Å². The van der Waals surface area contributed by atoms with Crippen molar-refractivity contribution in [3.05, 3.63) is 12.0 Å². The number of hydrogen-bond donors (Lipinski definition) is 1. The van der Waals surface area contributed by atoms with Gasteiger partial charge in [0.1, 0.15) is 5.82 Å². The Morgan fingerprint density at radius 2 is 2.29 bits per heavy atom. The minimum absolute atomic E-state index is 0.172. The molecule has 0 bridgehead atoms. The summed E-state index contributed by atoms with van der Waals surface area (Å²) in [4.78, 5) is 3.76. The van der Waals surface area contributed by atoms with Gasteiger partial charge >= 0.3 is 0 Å². The molecule has 1 heterocycles. The van der Waals surface area contributed by atoms with E-state index in [9.17, 15) is 12.8 Å². The maximum absolute atomic E-state index is 11.9. The van der Waals surface area contributed by atoms with E-state index in [4.69, 9.17) is 5.14 Å². The van der Waals surface area contributed by atoms with E-state index in [1.165, 1.54) is 6.20 Å². The standard InChI is InChI=1S/C7H12FN3O2S/c1-6-10-7(14(9,12)13)5-11(6)4-2-3-8/h5H,2-4H2,1H3,(H2,9,12,13). The second kappa shape index (κ2) is 4.05. The fourth-order valence-electron chi connectivity index (χ4n) is 1.07. The van der Waals surface area contributed by atoms with E-state index in [-0.39, 0.29) is 5.03 Å². The summed E-state index contributed by atoms with van der Waals surface area (Å²) < 4.78 is 35.2. The van der Waals surface area contributed by atoms with E-state index in [1.54, 1.807) is 11.5 Å². The Morgan fingerprint density at radius 3 is 2.71 bits per heavy atom. The third-order valence-electron chi connectivity index (χ3n) is 1.78. The average Bonchev–Trinajstić information content (AvgIpc) is 2.43. The number of nitrogens with two attached hydrogens (primary N) is 1. The summed E-state index contributed by atoms with van der Waals surface area (Å²) in [5, 5.41) is 4.72. The number of nitrogens with zero attached hydrogens (tertiary/aromatic N) is 2. The molecular formula is C7H12FN3O2S. The van der Waals surface area contributed by atoms with Crippen molar-refractivity contribution in [1.82, 2.24) is 9.55 Å². The summed E-state index contributed by atoms with van der Waals surface area (Å²) in [7, 11) is -3.76. The molecule has 0 spiro atoms. The molecule has 0 aromatic carbocycles. The molecule has 1 aromatic rings. The second-order valence-corrected chi connectivity index (χ2v) is 4.42. The van der Waals surface area contributed by atoms with Crippen molar-refractivity contribution in [2.45, 2.75) is 24.9 Å². The second-order valence-electron chi connectivity index (χ2n) is 2.91. The number of aromatic nitrogens is 2. The lowest BCUT2D eigenvalue weighted by molar-refractivity contribution is 0.444. The highest BCUT2D eigenvalue weighted by Gasteiger charge is 2.13. The van der Waals surface area contributed by atoms with Crippen molar-refractivity contribution in [1.29, 1.82) is 0 Å². The predicted molar refractivity (Wildman–Crippen MR) is 48.9 cm³/mol. The van der Waals surface area contributed by atoms with E-state index >= 15 is 0 Å². The van der Waals surface area contributed by atoms with E-state index < -0.39 is 16.7 Å². The number of sulfonamides is 1. The minimum atomic E-state index is -3.76. The van der Waals surface area contributed by atoms with Crippen molar-refractivity contribution >= 4 is 10.0 Å². The fourth-order valence-corrected chi connectivity index (χ4v) is 1.61. The zero-order valence-corrected chi connectivity index (χ0v) is 8.59. The molecule has 5 nitrogen and oxygen atoms in total. The van der Waals surface area contributed by atoms with Crippen LogP contribution in [0.1, 0.15) is 12.2 Å². The highest BCUT2D eigenvalue weighted by atomic mass is 32.2. The molecule has 0 radical (unpaired) electrons. The number of rotatable bonds is 4. The van der Waals surface area contributed by atoms with Crippen molar-refractivity contribution in [2.24, 2.45) is 5.14 Å². The summed E-state index contributed by atoms with van der Waals surface area (Å²) in [6, 6.07) is 0. The van der Waals surface area contributed by atoms with Crippen LogP contribution in [0.4, 0.5) is 4.39 Å². The smallest absolute Gasteiger partial charge is 0.257 e. The van der Waals surface area contributed by atoms with Gasteiger partial charge in [-0.1, -0.05) is 0 Å². The van der Waals surface area contributed by atoms with Gasteiger partial charge in [0.15, 0.2) is 5.03 Å². The largest absolute Gasteiger partial charge is 0.334 e. The average molecular weight is 221 g/mol. The molecule has 0 aliphatic heterocycles. The molecule has 7 heteroatoms. The Bertz CT molecular complexity index is 413. The monoisotopic (exact) mass is 221 g/mol. The summed E-state index contributed by atoms with van der Waals surface area (Å²) in [6.07, 6.45) is 1.65. The van der Waals surface area contributed by atoms with Gasteiger partial charge in [-0.2, -0.15) is 0 Å². The molecule has 0 aliphatic carbocycles. The summed E-state index contributed by atoms with van der Waals surface area (Å²) in [5.41, 5.74) is 0. The first kappa shape index (κ1) is 11.1. The number of primary sulfonamides is 1. The zero-order valence-electron chi connectivity index (χ0n) is 7.77. The normalized spacial score (nSPS) is 11.9. The summed E-state index contributed by atoms with van der Waals surface area (Å²) in [6.45, 7) is 1.61. The predicted octanol–water partition coefficient (Wildman–Crippen LogP) is 0.199. The van der Waals surface area contributed by atoms with Gasteiger partial charge in [-0.25, -0.2) is 18.5 Å². The van der Waals surface area contributed by atoms with Crippen LogP contribution in [0, 0.1) is 6.92 Å². The van der Waals surface area contributed by atoms with Gasteiger partial charge in [0.05, 0.1) is 6.67 Å². The first-order valence-electron chi connectivity index (χ1n) is 4.07. The number of imidazole rings is 1. The zero-order chi connectivity index (χ0) is 10.8. The van der Waals surface area contributed by atoms with Gasteiger partial charge in [-0.3, -0.25) is 4.39 Å².